The number of barbiturate groups is 1. The van der Waals surface area contributed by atoms with Crippen LogP contribution in [0.25, 0.3) is 6.08 Å². The van der Waals surface area contributed by atoms with Crippen LogP contribution in [-0.2, 0) is 14.4 Å². The molecule has 2 aromatic carbocycles. The van der Waals surface area contributed by atoms with Crippen LogP contribution in [0.15, 0.2) is 42.0 Å². The lowest BCUT2D eigenvalue weighted by atomic mass is 10.1. The third-order valence-corrected chi connectivity index (χ3v) is 4.39. The largest absolute Gasteiger partial charge is 0.546 e. The van der Waals surface area contributed by atoms with E-state index >= 15 is 0 Å². The molecule has 0 bridgehead atoms. The number of rotatable bonds is 6. The second-order valence-corrected chi connectivity index (χ2v) is 6.58. The molecule has 0 unspecified atom stereocenters. The molecule has 2 aromatic rings. The Morgan fingerprint density at radius 3 is 2.52 bits per heavy atom. The van der Waals surface area contributed by atoms with Crippen molar-refractivity contribution in [3.8, 4) is 17.2 Å². The van der Waals surface area contributed by atoms with Gasteiger partial charge in [0.25, 0.3) is 11.8 Å². The number of hydrogen-bond acceptors (Lipinski definition) is 8. The molecule has 0 aliphatic carbocycles. The van der Waals surface area contributed by atoms with Crippen molar-refractivity contribution in [1.82, 2.24) is 5.32 Å². The highest BCUT2D eigenvalue weighted by Gasteiger charge is 2.36. The van der Waals surface area contributed by atoms with Crippen LogP contribution in [0.2, 0.25) is 5.02 Å². The number of carboxylic acids is 1. The van der Waals surface area contributed by atoms with E-state index in [0.717, 1.165) is 4.90 Å². The number of halogens is 1. The van der Waals surface area contributed by atoms with E-state index in [1.807, 2.05) is 0 Å². The summed E-state index contributed by atoms with van der Waals surface area (Å²) in [6.07, 6.45) is 1.19. The Morgan fingerprint density at radius 2 is 1.90 bits per heavy atom. The van der Waals surface area contributed by atoms with Crippen molar-refractivity contribution < 1.29 is 38.9 Å². The third-order valence-electron chi connectivity index (χ3n) is 4.11. The van der Waals surface area contributed by atoms with Crippen molar-refractivity contribution in [3.05, 3.63) is 52.6 Å². The topological polar surface area (TPSA) is 145 Å². The molecule has 10 nitrogen and oxygen atoms in total. The molecule has 1 aliphatic heterocycles. The van der Waals surface area contributed by atoms with E-state index in [-0.39, 0.29) is 39.1 Å². The summed E-state index contributed by atoms with van der Waals surface area (Å²) in [4.78, 5) is 48.7. The highest BCUT2D eigenvalue weighted by atomic mass is 35.5. The number of imide groups is 2. The second-order valence-electron chi connectivity index (χ2n) is 6.17. The Bertz CT molecular complexity index is 1110. The van der Waals surface area contributed by atoms with Gasteiger partial charge in [-0.25, -0.2) is 9.69 Å². The van der Waals surface area contributed by atoms with E-state index in [2.05, 4.69) is 5.32 Å². The molecule has 4 amide bonds. The number of aliphatic carboxylic acids is 1. The Hall–Kier alpha value is -4.05. The fourth-order valence-electron chi connectivity index (χ4n) is 2.75. The van der Waals surface area contributed by atoms with Gasteiger partial charge in [0.1, 0.15) is 17.9 Å². The standard InChI is InChI=1S/C20H15ClN2O8/c1-30-15-8-10(7-14(21)17(15)31-9-16(25)26)6-13-18(27)22-20(29)23(19(13)28)11-2-4-12(24)5-3-11/h2-8,24H,9H2,1H3,(H,25,26)(H,22,27,29)/p-1/b13-6+. The summed E-state index contributed by atoms with van der Waals surface area (Å²) in [5.41, 5.74) is 0.0238. The van der Waals surface area contributed by atoms with Crippen LogP contribution in [-0.4, -0.2) is 42.6 Å². The molecule has 31 heavy (non-hydrogen) atoms. The van der Waals surface area contributed by atoms with Crippen LogP contribution in [0.5, 0.6) is 17.2 Å². The van der Waals surface area contributed by atoms with Gasteiger partial charge in [-0.1, -0.05) is 11.6 Å². The SMILES string of the molecule is COc1cc(/C=C2\C(=O)NC(=O)N(c3ccc(O)cc3)C2=O)cc(Cl)c1OCC(=O)[O-]. The molecule has 0 radical (unpaired) electrons. The average molecular weight is 446 g/mol. The number of aromatic hydroxyl groups is 1. The molecule has 3 rings (SSSR count). The Morgan fingerprint density at radius 1 is 1.23 bits per heavy atom. The number of carbonyl (C=O) groups excluding carboxylic acids is 4. The van der Waals surface area contributed by atoms with Crippen molar-refractivity contribution in [2.75, 3.05) is 18.6 Å². The van der Waals surface area contributed by atoms with Crippen molar-refractivity contribution in [2.45, 2.75) is 0 Å². The zero-order chi connectivity index (χ0) is 22.7. The first-order valence-corrected chi connectivity index (χ1v) is 8.99. The summed E-state index contributed by atoms with van der Waals surface area (Å²) in [6, 6.07) is 6.99. The number of nitrogens with zero attached hydrogens (tertiary/aromatic N) is 1. The van der Waals surface area contributed by atoms with Crippen LogP contribution < -0.4 is 24.8 Å². The molecular formula is C20H14ClN2O8-. The predicted octanol–water partition coefficient (Wildman–Crippen LogP) is 0.849. The van der Waals surface area contributed by atoms with Gasteiger partial charge in [-0.05, 0) is 48.0 Å². The van der Waals surface area contributed by atoms with Gasteiger partial charge in [0.05, 0.1) is 23.8 Å². The summed E-state index contributed by atoms with van der Waals surface area (Å²) in [5.74, 6) is -3.35. The molecule has 0 aromatic heterocycles. The van der Waals surface area contributed by atoms with Crippen LogP contribution in [0, 0.1) is 0 Å². The van der Waals surface area contributed by atoms with Crippen LogP contribution >= 0.6 is 11.6 Å². The fraction of sp³-hybridized carbons (Fsp3) is 0.100. The van der Waals surface area contributed by atoms with Crippen LogP contribution in [0.4, 0.5) is 10.5 Å². The lowest BCUT2D eigenvalue weighted by molar-refractivity contribution is -0.307. The molecule has 0 atom stereocenters. The number of phenolic OH excluding ortho intramolecular Hbond substituents is 1. The van der Waals surface area contributed by atoms with Gasteiger partial charge in [-0.2, -0.15) is 0 Å². The Kier molecular flexibility index (Phi) is 6.12. The maximum Gasteiger partial charge on any atom is 0.335 e. The molecule has 0 saturated carbocycles. The van der Waals surface area contributed by atoms with E-state index in [4.69, 9.17) is 21.1 Å². The van der Waals surface area contributed by atoms with Crippen molar-refractivity contribution in [2.24, 2.45) is 0 Å². The lowest BCUT2D eigenvalue weighted by Gasteiger charge is -2.26. The minimum Gasteiger partial charge on any atom is -0.546 e. The number of amides is 4. The number of methoxy groups -OCH3 is 1. The highest BCUT2D eigenvalue weighted by molar-refractivity contribution is 6.39. The minimum atomic E-state index is -1.47. The summed E-state index contributed by atoms with van der Waals surface area (Å²) < 4.78 is 10.2. The van der Waals surface area contributed by atoms with Crippen LogP contribution in [0.1, 0.15) is 5.56 Å². The number of hydrogen-bond donors (Lipinski definition) is 2. The number of nitrogens with one attached hydrogen (secondary N) is 1. The molecule has 1 fully saturated rings. The molecule has 160 valence electrons. The first kappa shape index (κ1) is 21.7. The van der Waals surface area contributed by atoms with Gasteiger partial charge in [0.15, 0.2) is 11.5 Å². The van der Waals surface area contributed by atoms with Crippen molar-refractivity contribution in [3.63, 3.8) is 0 Å². The van der Waals surface area contributed by atoms with Gasteiger partial charge in [0, 0.05) is 0 Å². The smallest absolute Gasteiger partial charge is 0.335 e. The first-order valence-electron chi connectivity index (χ1n) is 8.62. The quantitative estimate of drug-likeness (QED) is 0.491. The minimum absolute atomic E-state index is 0.0393. The van der Waals surface area contributed by atoms with Gasteiger partial charge >= 0.3 is 6.03 Å². The summed E-state index contributed by atoms with van der Waals surface area (Å²) >= 11 is 6.13. The van der Waals surface area contributed by atoms with Crippen LogP contribution in [0.3, 0.4) is 0 Å². The highest BCUT2D eigenvalue weighted by Crippen LogP contribution is 2.37. The van der Waals surface area contributed by atoms with E-state index < -0.39 is 30.4 Å². The third kappa shape index (κ3) is 4.59. The monoisotopic (exact) mass is 445 g/mol. The fourth-order valence-corrected chi connectivity index (χ4v) is 3.03. The van der Waals surface area contributed by atoms with Gasteiger partial charge in [-0.3, -0.25) is 14.9 Å². The molecular weight excluding hydrogens is 432 g/mol. The van der Waals surface area contributed by atoms with Crippen molar-refractivity contribution in [1.29, 1.82) is 0 Å². The molecule has 11 heteroatoms. The number of urea groups is 1. The molecule has 2 N–H and O–H groups in total. The summed E-state index contributed by atoms with van der Waals surface area (Å²) in [5, 5.41) is 22.0. The van der Waals surface area contributed by atoms with Gasteiger partial charge in [-0.15, -0.1) is 0 Å². The van der Waals surface area contributed by atoms with E-state index in [0.29, 0.717) is 0 Å². The van der Waals surface area contributed by atoms with E-state index in [1.165, 1.54) is 49.6 Å². The number of ether oxygens (including phenoxy) is 2. The molecule has 1 aliphatic rings. The normalized spacial score (nSPS) is 15.1. The summed E-state index contributed by atoms with van der Waals surface area (Å²) in [6.45, 7) is -0.763. The van der Waals surface area contributed by atoms with E-state index in [1.54, 1.807) is 0 Å². The Balaban J connectivity index is 1.99. The number of phenols is 1. The van der Waals surface area contributed by atoms with Crippen molar-refractivity contribution >= 4 is 47.2 Å². The lowest BCUT2D eigenvalue weighted by Crippen LogP contribution is -2.54. The molecule has 1 heterocycles. The Labute approximate surface area is 180 Å². The maximum absolute atomic E-state index is 12.9. The number of anilines is 1. The first-order chi connectivity index (χ1) is 14.7. The predicted molar refractivity (Wildman–Crippen MR) is 106 cm³/mol. The van der Waals surface area contributed by atoms with Gasteiger partial charge in [0.2, 0.25) is 0 Å². The second kappa shape index (κ2) is 8.76. The maximum atomic E-state index is 12.9. The zero-order valence-electron chi connectivity index (χ0n) is 15.9. The molecule has 0 spiro atoms. The van der Waals surface area contributed by atoms with Gasteiger partial charge < -0.3 is 24.5 Å². The van der Waals surface area contributed by atoms with E-state index in [9.17, 15) is 29.4 Å². The number of benzene rings is 2. The molecule has 1 saturated heterocycles. The average Bonchev–Trinajstić information content (AvgIpc) is 2.71. The number of carbonyl (C=O) groups is 4. The zero-order valence-corrected chi connectivity index (χ0v) is 16.6. The summed E-state index contributed by atoms with van der Waals surface area (Å²) in [7, 11) is 1.29. The number of carboxylic acid groups (broad SMARTS) is 1.